The molecule has 0 radical (unpaired) electrons. The average molecular weight is 463 g/mol. The van der Waals surface area contributed by atoms with Crippen molar-refractivity contribution in [1.82, 2.24) is 0 Å². The maximum atomic E-state index is 8.70. The summed E-state index contributed by atoms with van der Waals surface area (Å²) in [6.07, 6.45) is 0. The summed E-state index contributed by atoms with van der Waals surface area (Å²) in [5.41, 5.74) is 0. The van der Waals surface area contributed by atoms with Crippen LogP contribution in [0.25, 0.3) is 0 Å². The van der Waals surface area contributed by atoms with Gasteiger partial charge in [-0.15, -0.1) is 0 Å². The molecule has 0 fully saturated rings. The SMILES string of the molecule is O=C([O-])[S-].O=C([O-])[S-].O=C([O-])[S-].[K+].[K+].[K+].[K+].[K+].[K+]. The molecule has 0 heterocycles. The molecule has 0 bridgehead atoms. The van der Waals surface area contributed by atoms with E-state index in [1.54, 1.807) is 0 Å². The molecule has 0 aromatic rings. The molecule has 0 aromatic carbocycles. The Hall–Kier alpha value is 8.89. The van der Waals surface area contributed by atoms with Gasteiger partial charge in [0.25, 0.3) is 0 Å². The van der Waals surface area contributed by atoms with Gasteiger partial charge in [0.15, 0.2) is 0 Å². The van der Waals surface area contributed by atoms with E-state index in [1.807, 2.05) is 0 Å². The molecule has 0 amide bonds. The van der Waals surface area contributed by atoms with Gasteiger partial charge in [-0.3, -0.25) is 0 Å². The molecule has 0 aliphatic heterocycles. The molecule has 15 heteroatoms. The van der Waals surface area contributed by atoms with Crippen molar-refractivity contribution >= 4 is 53.8 Å². The Bertz CT molecular complexity index is 132. The summed E-state index contributed by atoms with van der Waals surface area (Å²) in [5, 5.41) is 21.6. The topological polar surface area (TPSA) is 120 Å². The van der Waals surface area contributed by atoms with E-state index in [2.05, 4.69) is 37.9 Å². The second-order valence-corrected chi connectivity index (χ2v) is 1.75. The standard InChI is InChI=1S/3CH2O2S.6K/c3*2-1(3)4;;;;;;/h3*4H,(H,2,3);;;;;;/q;;;6*+1/p-6. The minimum absolute atomic E-state index is 0. The van der Waals surface area contributed by atoms with Crippen LogP contribution in [0.1, 0.15) is 0 Å². The summed E-state index contributed by atoms with van der Waals surface area (Å²) < 4.78 is 0. The van der Waals surface area contributed by atoms with E-state index in [1.165, 1.54) is 0 Å². The normalized spacial score (nSPS) is 4.00. The molecule has 0 spiro atoms. The van der Waals surface area contributed by atoms with Gasteiger partial charge in [0.1, 0.15) is 0 Å². The first kappa shape index (κ1) is 56.3. The van der Waals surface area contributed by atoms with Crippen molar-refractivity contribution in [2.45, 2.75) is 0 Å². The Morgan fingerprint density at radius 2 is 0.500 bits per heavy atom. The van der Waals surface area contributed by atoms with E-state index in [4.69, 9.17) is 29.7 Å². The third-order valence-corrected chi connectivity index (χ3v) is 0. The Morgan fingerprint density at radius 3 is 0.500 bits per heavy atom. The number of rotatable bonds is 0. The first-order chi connectivity index (χ1) is 5.20. The molecule has 6 nitrogen and oxygen atoms in total. The van der Waals surface area contributed by atoms with E-state index in [0.717, 1.165) is 0 Å². The summed E-state index contributed by atoms with van der Waals surface area (Å²) in [6.45, 7) is 0. The number of carbonyl (C=O) groups is 3. The van der Waals surface area contributed by atoms with Crippen LogP contribution in [0.2, 0.25) is 0 Å². The van der Waals surface area contributed by atoms with Crippen LogP contribution in [-0.4, -0.2) is 15.9 Å². The van der Waals surface area contributed by atoms with Crippen molar-refractivity contribution in [2.75, 3.05) is 0 Å². The first-order valence-corrected chi connectivity index (χ1v) is 3.06. The van der Waals surface area contributed by atoms with Crippen molar-refractivity contribution in [2.24, 2.45) is 0 Å². The van der Waals surface area contributed by atoms with E-state index >= 15 is 0 Å². The van der Waals surface area contributed by atoms with Crippen LogP contribution >= 0.6 is 0 Å². The van der Waals surface area contributed by atoms with Gasteiger partial charge in [-0.1, -0.05) is 15.9 Å². The van der Waals surface area contributed by atoms with E-state index in [-0.39, 0.29) is 308 Å². The van der Waals surface area contributed by atoms with Crippen LogP contribution in [-0.2, 0) is 37.9 Å². The fourth-order valence-electron chi connectivity index (χ4n) is 0. The molecule has 0 unspecified atom stereocenters. The molecular formula is C3K6O6S3. The predicted octanol–water partition coefficient (Wildman–Crippen LogP) is -21.3. The van der Waals surface area contributed by atoms with E-state index < -0.39 is 15.9 Å². The maximum Gasteiger partial charge on any atom is 1.00 e. The van der Waals surface area contributed by atoms with Gasteiger partial charge in [-0.2, -0.15) is 0 Å². The third-order valence-electron chi connectivity index (χ3n) is 0. The Kier molecular flexibility index (Phi) is 157. The van der Waals surface area contributed by atoms with Gasteiger partial charge in [0.05, 0.1) is 0 Å². The summed E-state index contributed by atoms with van der Waals surface area (Å²) in [5.74, 6) is 0. The van der Waals surface area contributed by atoms with Crippen LogP contribution in [0.5, 0.6) is 0 Å². The summed E-state index contributed by atoms with van der Waals surface area (Å²) in [7, 11) is 0. The fourth-order valence-corrected chi connectivity index (χ4v) is 0. The van der Waals surface area contributed by atoms with Crippen molar-refractivity contribution < 1.29 is 338 Å². The minimum atomic E-state index is -1.50. The Balaban J connectivity index is -0.00000000827. The maximum absolute atomic E-state index is 8.70. The van der Waals surface area contributed by atoms with Crippen LogP contribution in [0, 0.1) is 0 Å². The molecule has 0 N–H and O–H groups in total. The molecule has 0 atom stereocenters. The molecule has 0 saturated heterocycles. The zero-order valence-corrected chi connectivity index (χ0v) is 32.4. The molecule has 0 aliphatic rings. The van der Waals surface area contributed by atoms with Gasteiger partial charge in [-0.05, 0) is 0 Å². The molecule has 72 valence electrons. The van der Waals surface area contributed by atoms with Gasteiger partial charge >= 0.3 is 308 Å². The van der Waals surface area contributed by atoms with E-state index in [0.29, 0.717) is 0 Å². The van der Waals surface area contributed by atoms with Gasteiger partial charge in [-0.25, -0.2) is 0 Å². The number of hydrogen-bond donors (Lipinski definition) is 0. The molecule has 0 aliphatic carbocycles. The fraction of sp³-hybridized carbons (Fsp3) is 0. The van der Waals surface area contributed by atoms with Gasteiger partial charge in [0, 0.05) is 0 Å². The van der Waals surface area contributed by atoms with E-state index in [9.17, 15) is 0 Å². The smallest absolute Gasteiger partial charge is 0.764 e. The predicted molar refractivity (Wildman–Crippen MR) is 38.3 cm³/mol. The monoisotopic (exact) mass is 462 g/mol. The third kappa shape index (κ3) is 180. The van der Waals surface area contributed by atoms with Crippen LogP contribution in [0.15, 0.2) is 0 Å². The second-order valence-electron chi connectivity index (χ2n) is 0.750. The van der Waals surface area contributed by atoms with Crippen molar-refractivity contribution in [3.63, 3.8) is 0 Å². The summed E-state index contributed by atoms with van der Waals surface area (Å²) in [4.78, 5) is 26.1. The number of hydrogen-bond acceptors (Lipinski definition) is 9. The Labute approximate surface area is 377 Å². The minimum Gasteiger partial charge on any atom is -0.764 e. The van der Waals surface area contributed by atoms with Crippen LogP contribution in [0.4, 0.5) is 14.4 Å². The summed E-state index contributed by atoms with van der Waals surface area (Å²) >= 11 is 10.3. The molecule has 0 saturated carbocycles. The van der Waals surface area contributed by atoms with Gasteiger partial charge in [0.2, 0.25) is 0 Å². The summed E-state index contributed by atoms with van der Waals surface area (Å²) in [6, 6.07) is 0. The van der Waals surface area contributed by atoms with Crippen LogP contribution < -0.4 is 324 Å². The van der Waals surface area contributed by atoms with Crippen molar-refractivity contribution in [3.05, 3.63) is 0 Å². The van der Waals surface area contributed by atoms with Crippen molar-refractivity contribution in [1.29, 1.82) is 0 Å². The molecule has 0 aromatic heterocycles. The Morgan fingerprint density at radius 1 is 0.500 bits per heavy atom. The first-order valence-electron chi connectivity index (χ1n) is 1.84. The molecule has 0 rings (SSSR count). The van der Waals surface area contributed by atoms with Crippen molar-refractivity contribution in [3.8, 4) is 0 Å². The van der Waals surface area contributed by atoms with Gasteiger partial charge < -0.3 is 67.6 Å². The largest absolute Gasteiger partial charge is 1.00 e. The number of carbonyl (C=O) groups excluding carboxylic acids is 3. The second kappa shape index (κ2) is 50.1. The number of carboxylic acid groups (broad SMARTS) is 3. The zero-order chi connectivity index (χ0) is 10.7. The zero-order valence-electron chi connectivity index (χ0n) is 11.2. The quantitative estimate of drug-likeness (QED) is 0.255. The molecule has 18 heavy (non-hydrogen) atoms. The van der Waals surface area contributed by atoms with Crippen LogP contribution in [0.3, 0.4) is 0 Å². The average Bonchev–Trinajstić information content (AvgIpc) is 1.54. The molecular weight excluding hydrogens is 463 g/mol.